The first kappa shape index (κ1) is 14.5. The molecule has 108 valence electrons. The van der Waals surface area contributed by atoms with Gasteiger partial charge in [0.1, 0.15) is 0 Å². The fourth-order valence-electron chi connectivity index (χ4n) is 2.82. The van der Waals surface area contributed by atoms with Crippen LogP contribution < -0.4 is 10.6 Å². The molecule has 1 saturated heterocycles. The Morgan fingerprint density at radius 1 is 1.47 bits per heavy atom. The Bertz CT molecular complexity index is 421. The van der Waals surface area contributed by atoms with E-state index in [2.05, 4.69) is 41.2 Å². The monoisotopic (exact) mass is 266 g/mol. The first-order chi connectivity index (χ1) is 9.06. The van der Waals surface area contributed by atoms with E-state index in [1.807, 2.05) is 0 Å². The van der Waals surface area contributed by atoms with Gasteiger partial charge in [0.15, 0.2) is 0 Å². The molecule has 0 spiro atoms. The maximum Gasteiger partial charge on any atom is 0.0907 e. The van der Waals surface area contributed by atoms with E-state index in [-0.39, 0.29) is 0 Å². The Morgan fingerprint density at radius 2 is 2.26 bits per heavy atom. The summed E-state index contributed by atoms with van der Waals surface area (Å²) in [5, 5.41) is 21.3. The van der Waals surface area contributed by atoms with E-state index in [1.54, 1.807) is 0 Å². The highest BCUT2D eigenvalue weighted by Gasteiger charge is 2.30. The molecule has 1 aromatic rings. The van der Waals surface area contributed by atoms with Crippen LogP contribution in [0.2, 0.25) is 0 Å². The summed E-state index contributed by atoms with van der Waals surface area (Å²) in [6, 6.07) is 0. The van der Waals surface area contributed by atoms with Gasteiger partial charge in [-0.1, -0.05) is 0 Å². The number of nitrogens with one attached hydrogen (secondary N) is 2. The van der Waals surface area contributed by atoms with Crippen molar-refractivity contribution in [3.05, 3.63) is 17.0 Å². The van der Waals surface area contributed by atoms with Crippen molar-refractivity contribution < 1.29 is 5.11 Å². The molecule has 0 aliphatic carbocycles. The van der Waals surface area contributed by atoms with Gasteiger partial charge in [-0.15, -0.1) is 0 Å². The van der Waals surface area contributed by atoms with E-state index in [4.69, 9.17) is 0 Å². The molecule has 2 heterocycles. The summed E-state index contributed by atoms with van der Waals surface area (Å²) in [6.07, 6.45) is 1.81. The van der Waals surface area contributed by atoms with Crippen molar-refractivity contribution in [3.8, 4) is 0 Å². The minimum atomic E-state index is -0.558. The van der Waals surface area contributed by atoms with Gasteiger partial charge in [0.25, 0.3) is 0 Å². The molecule has 5 heteroatoms. The van der Waals surface area contributed by atoms with Gasteiger partial charge in [0.05, 0.1) is 11.3 Å². The zero-order valence-corrected chi connectivity index (χ0v) is 12.3. The lowest BCUT2D eigenvalue weighted by Crippen LogP contribution is -2.42. The Labute approximate surface area is 115 Å². The maximum absolute atomic E-state index is 10.2. The number of rotatable bonds is 6. The molecule has 1 aromatic heterocycles. The van der Waals surface area contributed by atoms with E-state index >= 15 is 0 Å². The van der Waals surface area contributed by atoms with Crippen LogP contribution in [0.25, 0.3) is 0 Å². The van der Waals surface area contributed by atoms with Crippen LogP contribution in [0, 0.1) is 13.8 Å². The molecule has 0 amide bonds. The largest absolute Gasteiger partial charge is 0.387 e. The lowest BCUT2D eigenvalue weighted by atomic mass is 10.0. The van der Waals surface area contributed by atoms with E-state index in [9.17, 15) is 5.11 Å². The van der Waals surface area contributed by atoms with Gasteiger partial charge >= 0.3 is 0 Å². The number of aryl methyl sites for hydroxylation is 2. The third-order valence-corrected chi connectivity index (χ3v) is 4.06. The molecule has 0 aromatic carbocycles. The molecule has 1 fully saturated rings. The summed E-state index contributed by atoms with van der Waals surface area (Å²) in [5.41, 5.74) is 3.17. The number of aromatic nitrogens is 2. The van der Waals surface area contributed by atoms with Crippen molar-refractivity contribution >= 4 is 0 Å². The molecule has 1 atom stereocenters. The van der Waals surface area contributed by atoms with E-state index in [0.29, 0.717) is 13.1 Å². The van der Waals surface area contributed by atoms with Crippen molar-refractivity contribution in [1.82, 2.24) is 20.4 Å². The topological polar surface area (TPSA) is 62.1 Å². The normalized spacial score (nSPS) is 23.2. The smallest absolute Gasteiger partial charge is 0.0907 e. The Morgan fingerprint density at radius 3 is 2.84 bits per heavy atom. The third-order valence-electron chi connectivity index (χ3n) is 4.06. The van der Waals surface area contributed by atoms with Gasteiger partial charge in [-0.05, 0) is 52.3 Å². The van der Waals surface area contributed by atoms with Gasteiger partial charge < -0.3 is 15.7 Å². The van der Waals surface area contributed by atoms with Crippen molar-refractivity contribution in [2.75, 3.05) is 26.2 Å². The predicted octanol–water partition coefficient (Wildman–Crippen LogP) is 0.376. The summed E-state index contributed by atoms with van der Waals surface area (Å²) in [4.78, 5) is 0. The Hall–Kier alpha value is -0.910. The van der Waals surface area contributed by atoms with Crippen molar-refractivity contribution in [2.24, 2.45) is 0 Å². The van der Waals surface area contributed by atoms with Gasteiger partial charge in [-0.2, -0.15) is 5.10 Å². The van der Waals surface area contributed by atoms with Crippen LogP contribution >= 0.6 is 0 Å². The summed E-state index contributed by atoms with van der Waals surface area (Å²) in [5.74, 6) is 0. The quantitative estimate of drug-likeness (QED) is 0.651. The highest BCUT2D eigenvalue weighted by Crippen LogP contribution is 2.14. The van der Waals surface area contributed by atoms with E-state index < -0.39 is 5.60 Å². The molecular weight excluding hydrogens is 240 g/mol. The van der Waals surface area contributed by atoms with Crippen molar-refractivity contribution in [2.45, 2.75) is 45.8 Å². The molecule has 5 nitrogen and oxygen atoms in total. The Kier molecular flexibility index (Phi) is 4.60. The van der Waals surface area contributed by atoms with E-state index in [0.717, 1.165) is 38.2 Å². The number of hydrogen-bond donors (Lipinski definition) is 3. The molecule has 0 saturated carbocycles. The maximum atomic E-state index is 10.2. The molecule has 0 radical (unpaired) electrons. The zero-order chi connectivity index (χ0) is 13.9. The lowest BCUT2D eigenvalue weighted by molar-refractivity contribution is 0.0615. The van der Waals surface area contributed by atoms with Crippen LogP contribution in [0.5, 0.6) is 0 Å². The van der Waals surface area contributed by atoms with Crippen LogP contribution in [-0.4, -0.2) is 46.7 Å². The molecule has 2 rings (SSSR count). The van der Waals surface area contributed by atoms with Gasteiger partial charge in [0, 0.05) is 25.3 Å². The summed E-state index contributed by atoms with van der Waals surface area (Å²) >= 11 is 0. The average Bonchev–Trinajstić information content (AvgIpc) is 2.92. The van der Waals surface area contributed by atoms with E-state index in [1.165, 1.54) is 11.3 Å². The molecule has 0 unspecified atom stereocenters. The van der Waals surface area contributed by atoms with Crippen molar-refractivity contribution in [3.63, 3.8) is 0 Å². The van der Waals surface area contributed by atoms with Crippen LogP contribution in [0.4, 0.5) is 0 Å². The molecule has 19 heavy (non-hydrogen) atoms. The summed E-state index contributed by atoms with van der Waals surface area (Å²) < 4.78 is 2.05. The molecule has 3 N–H and O–H groups in total. The zero-order valence-electron chi connectivity index (χ0n) is 12.3. The Balaban J connectivity index is 1.81. The first-order valence-electron chi connectivity index (χ1n) is 7.22. The highest BCUT2D eigenvalue weighted by molar-refractivity contribution is 5.24. The first-order valence-corrected chi connectivity index (χ1v) is 7.22. The highest BCUT2D eigenvalue weighted by atomic mass is 16.3. The second-order valence-electron chi connectivity index (χ2n) is 5.54. The van der Waals surface area contributed by atoms with Crippen LogP contribution in [0.3, 0.4) is 0 Å². The summed E-state index contributed by atoms with van der Waals surface area (Å²) in [6.45, 7) is 10.4. The molecule has 1 aliphatic heterocycles. The molecule has 1 aliphatic rings. The van der Waals surface area contributed by atoms with Crippen molar-refractivity contribution in [1.29, 1.82) is 0 Å². The third kappa shape index (κ3) is 3.35. The van der Waals surface area contributed by atoms with Gasteiger partial charge in [0.2, 0.25) is 0 Å². The average molecular weight is 266 g/mol. The van der Waals surface area contributed by atoms with Crippen LogP contribution in [0.1, 0.15) is 30.3 Å². The molecular formula is C14H26N4O. The van der Waals surface area contributed by atoms with Gasteiger partial charge in [-0.3, -0.25) is 4.68 Å². The fraction of sp³-hybridized carbons (Fsp3) is 0.786. The fourth-order valence-corrected chi connectivity index (χ4v) is 2.82. The number of β-amino-alcohol motifs (C(OH)–C–C–N with tert-alkyl or cyclic N) is 1. The second kappa shape index (κ2) is 6.03. The minimum Gasteiger partial charge on any atom is -0.387 e. The SMILES string of the molecule is CCn1nc(C)c(CCNC[C@]2(O)CCNC2)c1C. The summed E-state index contributed by atoms with van der Waals surface area (Å²) in [7, 11) is 0. The molecule has 0 bridgehead atoms. The van der Waals surface area contributed by atoms with Crippen LogP contribution in [0.15, 0.2) is 0 Å². The lowest BCUT2D eigenvalue weighted by Gasteiger charge is -2.21. The van der Waals surface area contributed by atoms with Crippen LogP contribution in [-0.2, 0) is 13.0 Å². The standard InChI is InChI=1S/C14H26N4O/c1-4-18-12(3)13(11(2)17-18)5-7-15-9-14(19)6-8-16-10-14/h15-16,19H,4-10H2,1-3H3/t14-/m1/s1. The number of nitrogens with zero attached hydrogens (tertiary/aromatic N) is 2. The van der Waals surface area contributed by atoms with Gasteiger partial charge in [-0.25, -0.2) is 0 Å². The minimum absolute atomic E-state index is 0.558. The number of hydrogen-bond acceptors (Lipinski definition) is 4. The second-order valence-corrected chi connectivity index (χ2v) is 5.54. The predicted molar refractivity (Wildman–Crippen MR) is 76.4 cm³/mol. The number of aliphatic hydroxyl groups is 1.